The van der Waals surface area contributed by atoms with Gasteiger partial charge in [-0.15, -0.1) is 0 Å². The highest BCUT2D eigenvalue weighted by molar-refractivity contribution is 8.00. The van der Waals surface area contributed by atoms with E-state index in [1.165, 1.54) is 0 Å². The summed E-state index contributed by atoms with van der Waals surface area (Å²) in [6, 6.07) is 4.39. The van der Waals surface area contributed by atoms with Gasteiger partial charge in [-0.05, 0) is 38.0 Å². The van der Waals surface area contributed by atoms with E-state index in [9.17, 15) is 14.4 Å². The Morgan fingerprint density at radius 1 is 1.30 bits per heavy atom. The lowest BCUT2D eigenvalue weighted by Crippen LogP contribution is -2.42. The van der Waals surface area contributed by atoms with Gasteiger partial charge in [0.2, 0.25) is 5.91 Å². The van der Waals surface area contributed by atoms with Crippen LogP contribution in [0.25, 0.3) is 10.9 Å². The van der Waals surface area contributed by atoms with Crippen molar-refractivity contribution in [2.45, 2.75) is 44.6 Å². The maximum absolute atomic E-state index is 12.9. The monoisotopic (exact) mass is 410 g/mol. The van der Waals surface area contributed by atoms with Crippen molar-refractivity contribution >= 4 is 46.2 Å². The quantitative estimate of drug-likeness (QED) is 0.564. The molecule has 2 N–H and O–H groups in total. The van der Waals surface area contributed by atoms with Crippen LogP contribution in [0.3, 0.4) is 0 Å². The second kappa shape index (κ2) is 9.23. The third-order valence-electron chi connectivity index (χ3n) is 3.66. The van der Waals surface area contributed by atoms with Gasteiger partial charge in [-0.1, -0.05) is 37.2 Å². The number of nitrogens with one attached hydrogen (secondary N) is 2. The second-order valence-electron chi connectivity index (χ2n) is 6.47. The Balaban J connectivity index is 2.38. The van der Waals surface area contributed by atoms with Gasteiger partial charge in [-0.2, -0.15) is 0 Å². The number of nitrogens with zero attached hydrogens (tertiary/aromatic N) is 2. The maximum atomic E-state index is 12.9. The van der Waals surface area contributed by atoms with Crippen LogP contribution >= 0.6 is 23.4 Å². The number of rotatable bonds is 6. The lowest BCUT2D eigenvalue weighted by Gasteiger charge is -2.17. The largest absolute Gasteiger partial charge is 0.338 e. The average molecular weight is 411 g/mol. The summed E-state index contributed by atoms with van der Waals surface area (Å²) >= 11 is 7.16. The average Bonchev–Trinajstić information content (AvgIpc) is 2.57. The lowest BCUT2D eigenvalue weighted by molar-refractivity contribution is -0.119. The van der Waals surface area contributed by atoms with Gasteiger partial charge < -0.3 is 5.32 Å². The first-order valence-electron chi connectivity index (χ1n) is 8.68. The number of carbonyl (C=O) groups is 2. The van der Waals surface area contributed by atoms with Crippen molar-refractivity contribution in [3.63, 3.8) is 0 Å². The molecule has 27 heavy (non-hydrogen) atoms. The minimum atomic E-state index is -0.616. The molecule has 3 amide bonds. The normalized spacial score (nSPS) is 12.2. The van der Waals surface area contributed by atoms with E-state index in [-0.39, 0.29) is 11.5 Å². The third-order valence-corrected chi connectivity index (χ3v) is 4.98. The lowest BCUT2D eigenvalue weighted by atomic mass is 10.2. The van der Waals surface area contributed by atoms with Crippen molar-refractivity contribution < 1.29 is 9.59 Å². The number of carbonyl (C=O) groups excluding carboxylic acids is 2. The van der Waals surface area contributed by atoms with Crippen molar-refractivity contribution in [2.24, 2.45) is 5.92 Å². The van der Waals surface area contributed by atoms with Crippen LogP contribution in [0.15, 0.2) is 28.2 Å². The number of hydrogen-bond donors (Lipinski definition) is 2. The van der Waals surface area contributed by atoms with Crippen molar-refractivity contribution in [3.8, 4) is 0 Å². The molecule has 0 spiro atoms. The van der Waals surface area contributed by atoms with Gasteiger partial charge in [0.05, 0.1) is 16.2 Å². The minimum Gasteiger partial charge on any atom is -0.338 e. The number of imide groups is 1. The summed E-state index contributed by atoms with van der Waals surface area (Å²) in [5, 5.41) is 5.54. The van der Waals surface area contributed by atoms with Crippen LogP contribution in [0.5, 0.6) is 0 Å². The first-order valence-corrected chi connectivity index (χ1v) is 9.94. The molecule has 9 heteroatoms. The summed E-state index contributed by atoms with van der Waals surface area (Å²) in [4.78, 5) is 41.3. The first-order chi connectivity index (χ1) is 12.7. The molecular formula is C18H23ClN4O3S. The number of benzene rings is 1. The molecule has 0 saturated carbocycles. The van der Waals surface area contributed by atoms with E-state index in [0.717, 1.165) is 11.8 Å². The Labute approximate surface area is 166 Å². The Morgan fingerprint density at radius 3 is 2.63 bits per heavy atom. The highest BCUT2D eigenvalue weighted by atomic mass is 35.5. The molecule has 0 saturated heterocycles. The van der Waals surface area contributed by atoms with Crippen LogP contribution in [0.2, 0.25) is 5.02 Å². The molecule has 146 valence electrons. The van der Waals surface area contributed by atoms with Crippen molar-refractivity contribution in [3.05, 3.63) is 33.6 Å². The van der Waals surface area contributed by atoms with Crippen LogP contribution in [-0.4, -0.2) is 33.3 Å². The summed E-state index contributed by atoms with van der Waals surface area (Å²) in [6.07, 6.45) is 0. The number of hydrogen-bond acceptors (Lipinski definition) is 5. The maximum Gasteiger partial charge on any atom is 0.321 e. The summed E-state index contributed by atoms with van der Waals surface area (Å²) in [7, 11) is 0. The molecular weight excluding hydrogens is 388 g/mol. The fourth-order valence-electron chi connectivity index (χ4n) is 2.42. The summed E-state index contributed by atoms with van der Waals surface area (Å²) in [6.45, 7) is 8.31. The van der Waals surface area contributed by atoms with Crippen molar-refractivity contribution in [2.75, 3.05) is 6.54 Å². The molecule has 0 aliphatic rings. The zero-order chi connectivity index (χ0) is 20.1. The van der Waals surface area contributed by atoms with E-state index in [0.29, 0.717) is 34.2 Å². The predicted octanol–water partition coefficient (Wildman–Crippen LogP) is 3.03. The van der Waals surface area contributed by atoms with Gasteiger partial charge in [0.15, 0.2) is 5.16 Å². The fraction of sp³-hybridized carbons (Fsp3) is 0.444. The number of thioether (sulfide) groups is 1. The van der Waals surface area contributed by atoms with Gasteiger partial charge in [-0.3, -0.25) is 19.5 Å². The van der Waals surface area contributed by atoms with E-state index < -0.39 is 17.2 Å². The second-order valence-corrected chi connectivity index (χ2v) is 8.22. The van der Waals surface area contributed by atoms with E-state index >= 15 is 0 Å². The summed E-state index contributed by atoms with van der Waals surface area (Å²) in [5.41, 5.74) is 0.301. The Morgan fingerprint density at radius 2 is 2.00 bits per heavy atom. The summed E-state index contributed by atoms with van der Waals surface area (Å²) in [5.74, 6) is -0.240. The van der Waals surface area contributed by atoms with Crippen LogP contribution in [0.1, 0.15) is 27.7 Å². The molecule has 0 unspecified atom stereocenters. The number of aromatic nitrogens is 2. The molecule has 0 aliphatic heterocycles. The SMILES string of the molecule is CCNC(=O)NC(=O)[C@H](C)Sc1nc2cc(Cl)ccc2c(=O)n1CC(C)C. The molecule has 2 aromatic rings. The van der Waals surface area contributed by atoms with Gasteiger partial charge in [-0.25, -0.2) is 9.78 Å². The van der Waals surface area contributed by atoms with E-state index in [2.05, 4.69) is 15.6 Å². The molecule has 0 fully saturated rings. The van der Waals surface area contributed by atoms with E-state index in [4.69, 9.17) is 11.6 Å². The number of urea groups is 1. The fourth-order valence-corrected chi connectivity index (χ4v) is 3.50. The molecule has 1 aromatic heterocycles. The van der Waals surface area contributed by atoms with Gasteiger partial charge in [0.1, 0.15) is 0 Å². The van der Waals surface area contributed by atoms with Crippen LogP contribution in [0, 0.1) is 5.92 Å². The zero-order valence-electron chi connectivity index (χ0n) is 15.7. The molecule has 1 atom stereocenters. The van der Waals surface area contributed by atoms with Crippen molar-refractivity contribution in [1.29, 1.82) is 0 Å². The smallest absolute Gasteiger partial charge is 0.321 e. The number of fused-ring (bicyclic) bond motifs is 1. The molecule has 0 radical (unpaired) electrons. The van der Waals surface area contributed by atoms with Crippen molar-refractivity contribution in [1.82, 2.24) is 20.2 Å². The van der Waals surface area contributed by atoms with Crippen LogP contribution in [-0.2, 0) is 11.3 Å². The van der Waals surface area contributed by atoms with E-state index in [1.54, 1.807) is 36.6 Å². The Hall–Kier alpha value is -2.06. The van der Waals surface area contributed by atoms with E-state index in [1.807, 2.05) is 13.8 Å². The zero-order valence-corrected chi connectivity index (χ0v) is 17.3. The Bertz CT molecular complexity index is 913. The van der Waals surface area contributed by atoms with Crippen LogP contribution in [0.4, 0.5) is 4.79 Å². The first kappa shape index (κ1) is 21.2. The summed E-state index contributed by atoms with van der Waals surface area (Å²) < 4.78 is 1.57. The topological polar surface area (TPSA) is 93.1 Å². The highest BCUT2D eigenvalue weighted by Crippen LogP contribution is 2.24. The predicted molar refractivity (Wildman–Crippen MR) is 108 cm³/mol. The third kappa shape index (κ3) is 5.46. The molecule has 2 rings (SSSR count). The Kier molecular flexibility index (Phi) is 7.26. The molecule has 1 aromatic carbocycles. The van der Waals surface area contributed by atoms with Gasteiger partial charge in [0, 0.05) is 18.1 Å². The molecule has 1 heterocycles. The minimum absolute atomic E-state index is 0.177. The molecule has 0 bridgehead atoms. The highest BCUT2D eigenvalue weighted by Gasteiger charge is 2.21. The number of amides is 3. The molecule has 7 nitrogen and oxygen atoms in total. The van der Waals surface area contributed by atoms with Gasteiger partial charge in [0.25, 0.3) is 5.56 Å². The number of halogens is 1. The van der Waals surface area contributed by atoms with Crippen LogP contribution < -0.4 is 16.2 Å². The van der Waals surface area contributed by atoms with Gasteiger partial charge >= 0.3 is 6.03 Å². The molecule has 0 aliphatic carbocycles. The standard InChI is InChI=1S/C18H23ClN4O3S/c1-5-20-17(26)22-15(24)11(4)27-18-21-14-8-12(19)6-7-13(14)16(25)23(18)9-10(2)3/h6-8,10-11H,5,9H2,1-4H3,(H2,20,22,24,26)/t11-/m0/s1.